The minimum atomic E-state index is -0.0208. The van der Waals surface area contributed by atoms with Crippen LogP contribution in [0.3, 0.4) is 0 Å². The number of nitrogens with one attached hydrogen (secondary N) is 1. The molecule has 1 aliphatic rings. The fourth-order valence-corrected chi connectivity index (χ4v) is 3.12. The summed E-state index contributed by atoms with van der Waals surface area (Å²) >= 11 is 5.27. The van der Waals surface area contributed by atoms with Gasteiger partial charge in [0, 0.05) is 29.7 Å². The van der Waals surface area contributed by atoms with E-state index in [1.165, 1.54) is 0 Å². The van der Waals surface area contributed by atoms with E-state index in [-0.39, 0.29) is 24.4 Å². The van der Waals surface area contributed by atoms with E-state index in [1.54, 1.807) is 16.7 Å². The Bertz CT molecular complexity index is 413. The fraction of sp³-hybridized carbons (Fsp3) is 0.417. The summed E-state index contributed by atoms with van der Waals surface area (Å²) in [4.78, 5) is 13.9. The van der Waals surface area contributed by atoms with E-state index in [4.69, 9.17) is 0 Å². The normalized spacial score (nSPS) is 18.2. The number of likely N-dealkylation sites (N-methyl/N-ethyl adjacent to an activating group) is 1. The van der Waals surface area contributed by atoms with E-state index in [0.29, 0.717) is 6.54 Å². The molecule has 6 heteroatoms. The summed E-state index contributed by atoms with van der Waals surface area (Å²) in [5, 5.41) is 3.20. The number of carbonyl (C=O) groups is 1. The van der Waals surface area contributed by atoms with Crippen LogP contribution in [-0.2, 0) is 11.3 Å². The molecule has 1 aromatic rings. The van der Waals surface area contributed by atoms with Gasteiger partial charge < -0.3 is 4.90 Å². The number of benzene rings is 1. The van der Waals surface area contributed by atoms with E-state index in [2.05, 4.69) is 21.2 Å². The number of rotatable bonds is 3. The predicted molar refractivity (Wildman–Crippen MR) is 82.1 cm³/mol. The number of nitrogens with zero attached hydrogens (tertiary/aromatic N) is 1. The number of thioether (sulfide) groups is 1. The number of hydrogen-bond acceptors (Lipinski definition) is 3. The van der Waals surface area contributed by atoms with Crippen LogP contribution in [0.15, 0.2) is 28.7 Å². The quantitative estimate of drug-likeness (QED) is 0.908. The molecule has 2 rings (SSSR count). The molecular formula is C12H16BrClN2OS. The van der Waals surface area contributed by atoms with E-state index < -0.39 is 0 Å². The van der Waals surface area contributed by atoms with Crippen molar-refractivity contribution in [2.24, 2.45) is 0 Å². The Labute approximate surface area is 126 Å². The number of hydrogen-bond donors (Lipinski definition) is 1. The topological polar surface area (TPSA) is 32.3 Å². The highest BCUT2D eigenvalue weighted by Gasteiger charge is 2.25. The molecule has 0 bridgehead atoms. The Morgan fingerprint density at radius 3 is 2.89 bits per heavy atom. The van der Waals surface area contributed by atoms with Crippen molar-refractivity contribution in [2.45, 2.75) is 12.6 Å². The van der Waals surface area contributed by atoms with Crippen LogP contribution in [0.2, 0.25) is 0 Å². The van der Waals surface area contributed by atoms with Gasteiger partial charge in [-0.15, -0.1) is 24.2 Å². The Morgan fingerprint density at radius 2 is 2.28 bits per heavy atom. The molecule has 1 amide bonds. The summed E-state index contributed by atoms with van der Waals surface area (Å²) in [6.07, 6.45) is 0. The summed E-state index contributed by atoms with van der Waals surface area (Å²) in [6, 6.07) is 7.97. The van der Waals surface area contributed by atoms with Gasteiger partial charge in [-0.2, -0.15) is 0 Å². The van der Waals surface area contributed by atoms with Gasteiger partial charge in [-0.25, -0.2) is 0 Å². The number of carbonyl (C=O) groups excluding carboxylic acids is 1. The van der Waals surface area contributed by atoms with Gasteiger partial charge in [-0.3, -0.25) is 10.1 Å². The highest BCUT2D eigenvalue weighted by Crippen LogP contribution is 2.18. The zero-order chi connectivity index (χ0) is 12.3. The maximum atomic E-state index is 12.1. The second-order valence-electron chi connectivity index (χ2n) is 4.06. The van der Waals surface area contributed by atoms with Crippen LogP contribution >= 0.6 is 40.1 Å². The zero-order valence-corrected chi connectivity index (χ0v) is 13.3. The molecule has 0 aliphatic carbocycles. The minimum absolute atomic E-state index is 0. The van der Waals surface area contributed by atoms with Crippen LogP contribution in [0.4, 0.5) is 0 Å². The molecule has 0 radical (unpaired) electrons. The average Bonchev–Trinajstić information content (AvgIpc) is 2.84. The lowest BCUT2D eigenvalue weighted by Crippen LogP contribution is -2.42. The first-order chi connectivity index (χ1) is 8.18. The van der Waals surface area contributed by atoms with Crippen LogP contribution in [0, 0.1) is 0 Å². The van der Waals surface area contributed by atoms with Gasteiger partial charge in [0.2, 0.25) is 5.91 Å². The van der Waals surface area contributed by atoms with Crippen molar-refractivity contribution in [3.05, 3.63) is 34.3 Å². The van der Waals surface area contributed by atoms with Gasteiger partial charge in [0.15, 0.2) is 0 Å². The third-order valence-electron chi connectivity index (χ3n) is 2.76. The van der Waals surface area contributed by atoms with Crippen LogP contribution in [0.25, 0.3) is 0 Å². The summed E-state index contributed by atoms with van der Waals surface area (Å²) in [6.45, 7) is 0.642. The van der Waals surface area contributed by atoms with E-state index in [0.717, 1.165) is 21.7 Å². The van der Waals surface area contributed by atoms with Crippen molar-refractivity contribution >= 4 is 46.0 Å². The molecule has 1 heterocycles. The molecule has 1 saturated heterocycles. The Balaban J connectivity index is 0.00000162. The van der Waals surface area contributed by atoms with Crippen LogP contribution in [0.1, 0.15) is 5.56 Å². The first-order valence-electron chi connectivity index (χ1n) is 5.48. The Morgan fingerprint density at radius 1 is 1.56 bits per heavy atom. The molecular weight excluding hydrogens is 336 g/mol. The van der Waals surface area contributed by atoms with Gasteiger partial charge in [0.05, 0.1) is 6.04 Å². The largest absolute Gasteiger partial charge is 0.340 e. The third kappa shape index (κ3) is 3.88. The lowest BCUT2D eigenvalue weighted by Gasteiger charge is -2.21. The molecule has 0 spiro atoms. The Kier molecular flexibility index (Phi) is 6.49. The molecule has 100 valence electrons. The smallest absolute Gasteiger partial charge is 0.240 e. The second kappa shape index (κ2) is 7.38. The monoisotopic (exact) mass is 350 g/mol. The maximum absolute atomic E-state index is 12.1. The summed E-state index contributed by atoms with van der Waals surface area (Å²) in [7, 11) is 1.85. The minimum Gasteiger partial charge on any atom is -0.340 e. The summed E-state index contributed by atoms with van der Waals surface area (Å²) in [5.41, 5.74) is 1.13. The number of halogens is 2. The molecule has 1 unspecified atom stereocenters. The van der Waals surface area contributed by atoms with Crippen molar-refractivity contribution in [1.82, 2.24) is 10.2 Å². The van der Waals surface area contributed by atoms with E-state index >= 15 is 0 Å². The highest BCUT2D eigenvalue weighted by atomic mass is 79.9. The lowest BCUT2D eigenvalue weighted by atomic mass is 10.2. The van der Waals surface area contributed by atoms with Crippen molar-refractivity contribution in [2.75, 3.05) is 18.7 Å². The van der Waals surface area contributed by atoms with Crippen LogP contribution < -0.4 is 5.32 Å². The van der Waals surface area contributed by atoms with Crippen LogP contribution in [0.5, 0.6) is 0 Å². The van der Waals surface area contributed by atoms with Gasteiger partial charge in [-0.1, -0.05) is 34.1 Å². The fourth-order valence-electron chi connectivity index (χ4n) is 1.78. The molecule has 1 aromatic carbocycles. The van der Waals surface area contributed by atoms with Crippen molar-refractivity contribution in [3.8, 4) is 0 Å². The Hall–Kier alpha value is -0.230. The molecule has 3 nitrogen and oxygen atoms in total. The predicted octanol–water partition coefficient (Wildman–Crippen LogP) is 2.49. The van der Waals surface area contributed by atoms with Gasteiger partial charge in [0.1, 0.15) is 0 Å². The standard InChI is InChI=1S/C12H15BrN2OS.ClH/c1-15(12(16)11-7-17-8-14-11)6-9-4-2-3-5-10(9)13;/h2-5,11,14H,6-8H2,1H3;1H. The number of amides is 1. The van der Waals surface area contributed by atoms with Crippen molar-refractivity contribution < 1.29 is 4.79 Å². The molecule has 1 fully saturated rings. The first kappa shape index (κ1) is 15.8. The maximum Gasteiger partial charge on any atom is 0.240 e. The van der Waals surface area contributed by atoms with Gasteiger partial charge >= 0.3 is 0 Å². The SMILES string of the molecule is CN(Cc1ccccc1Br)C(=O)C1CSCN1.Cl. The highest BCUT2D eigenvalue weighted by molar-refractivity contribution is 9.10. The molecule has 18 heavy (non-hydrogen) atoms. The molecule has 0 aromatic heterocycles. The molecule has 1 aliphatic heterocycles. The van der Waals surface area contributed by atoms with E-state index in [9.17, 15) is 4.79 Å². The first-order valence-corrected chi connectivity index (χ1v) is 7.43. The van der Waals surface area contributed by atoms with Gasteiger partial charge in [-0.05, 0) is 11.6 Å². The second-order valence-corrected chi connectivity index (χ2v) is 5.94. The molecule has 1 N–H and O–H groups in total. The average molecular weight is 352 g/mol. The van der Waals surface area contributed by atoms with Gasteiger partial charge in [0.25, 0.3) is 0 Å². The van der Waals surface area contributed by atoms with Crippen molar-refractivity contribution in [1.29, 1.82) is 0 Å². The third-order valence-corrected chi connectivity index (χ3v) is 4.47. The zero-order valence-electron chi connectivity index (χ0n) is 10.1. The lowest BCUT2D eigenvalue weighted by molar-refractivity contribution is -0.131. The summed E-state index contributed by atoms with van der Waals surface area (Å²) < 4.78 is 1.05. The molecule has 1 atom stereocenters. The van der Waals surface area contributed by atoms with E-state index in [1.807, 2.05) is 31.3 Å². The van der Waals surface area contributed by atoms with Crippen LogP contribution in [-0.4, -0.2) is 35.5 Å². The van der Waals surface area contributed by atoms with Crippen molar-refractivity contribution in [3.63, 3.8) is 0 Å². The molecule has 0 saturated carbocycles. The summed E-state index contributed by atoms with van der Waals surface area (Å²) in [5.74, 6) is 1.92.